The van der Waals surface area contributed by atoms with Crippen molar-refractivity contribution in [1.82, 2.24) is 5.06 Å². The van der Waals surface area contributed by atoms with Crippen LogP contribution in [-0.2, 0) is 24.2 Å². The van der Waals surface area contributed by atoms with Gasteiger partial charge in [0, 0.05) is 27.3 Å². The Labute approximate surface area is 97.6 Å². The lowest BCUT2D eigenvalue weighted by Crippen LogP contribution is -2.33. The first-order valence-electron chi connectivity index (χ1n) is 3.89. The molecule has 0 bridgehead atoms. The van der Waals surface area contributed by atoms with E-state index in [9.17, 15) is 8.42 Å². The Kier molecular flexibility index (Phi) is 20.3. The van der Waals surface area contributed by atoms with E-state index in [1.807, 2.05) is 0 Å². The summed E-state index contributed by atoms with van der Waals surface area (Å²) in [7, 11) is -1.52. The van der Waals surface area contributed by atoms with E-state index in [-0.39, 0.29) is 27.2 Å². The molecule has 0 saturated heterocycles. The zero-order valence-corrected chi connectivity index (χ0v) is 10.2. The predicted octanol–water partition coefficient (Wildman–Crippen LogP) is -0.227. The second-order valence-corrected chi connectivity index (χ2v) is 3.42. The normalized spacial score (nSPS) is 10.1. The van der Waals surface area contributed by atoms with Crippen molar-refractivity contribution in [2.45, 2.75) is 0 Å². The lowest BCUT2D eigenvalue weighted by Gasteiger charge is -2.17. The second-order valence-electron chi connectivity index (χ2n) is 2.42. The Morgan fingerprint density at radius 3 is 1.59 bits per heavy atom. The zero-order chi connectivity index (χ0) is 11.0. The van der Waals surface area contributed by atoms with Crippen LogP contribution >= 0.6 is 0 Å². The number of halogens is 3. The fraction of sp³-hybridized carbons (Fsp3) is 1.00. The van der Waals surface area contributed by atoms with E-state index in [2.05, 4.69) is 4.28 Å². The van der Waals surface area contributed by atoms with Crippen LogP contribution in [0.5, 0.6) is 0 Å². The Balaban J connectivity index is -0.000000282. The molecule has 0 fully saturated rings. The Morgan fingerprint density at radius 1 is 1.00 bits per heavy atom. The van der Waals surface area contributed by atoms with Gasteiger partial charge in [0.2, 0.25) is 0 Å². The van der Waals surface area contributed by atoms with Crippen LogP contribution in [0, 0.1) is 0 Å². The molecule has 0 aliphatic carbocycles. The summed E-state index contributed by atoms with van der Waals surface area (Å²) in [5.74, 6) is 0. The van der Waals surface area contributed by atoms with Crippen molar-refractivity contribution in [2.75, 3.05) is 40.5 Å². The quantitative estimate of drug-likeness (QED) is 0.488. The molecule has 17 heavy (non-hydrogen) atoms. The van der Waals surface area contributed by atoms with E-state index in [1.54, 1.807) is 0 Å². The van der Waals surface area contributed by atoms with Gasteiger partial charge in [-0.25, -0.2) is 0 Å². The molecule has 0 amide bonds. The van der Waals surface area contributed by atoms with Crippen molar-refractivity contribution in [1.29, 1.82) is 0 Å². The minimum Gasteiger partial charge on any atom is -0.383 e. The summed E-state index contributed by atoms with van der Waals surface area (Å²) in [5, 5.41) is 1.04. The Hall–Kier alpha value is -0.460. The molecule has 0 radical (unpaired) electrons. The highest BCUT2D eigenvalue weighted by Crippen LogP contribution is 1.96. The lowest BCUT2D eigenvalue weighted by atomic mass is 10.6. The summed E-state index contributed by atoms with van der Waals surface area (Å²) in [6, 6.07) is 0. The third kappa shape index (κ3) is 18.1. The van der Waals surface area contributed by atoms with E-state index < -0.39 is 10.4 Å². The zero-order valence-electron chi connectivity index (χ0n) is 9.40. The van der Waals surface area contributed by atoms with Gasteiger partial charge in [-0.3, -0.25) is 18.7 Å². The first kappa shape index (κ1) is 25.4. The largest absolute Gasteiger partial charge is 0.413 e. The van der Waals surface area contributed by atoms with Crippen molar-refractivity contribution in [3.8, 4) is 0 Å². The van der Waals surface area contributed by atoms with Crippen molar-refractivity contribution < 1.29 is 40.8 Å². The third-order valence-electron chi connectivity index (χ3n) is 1.29. The molecule has 0 heterocycles. The highest BCUT2D eigenvalue weighted by molar-refractivity contribution is 7.80. The number of methoxy groups -OCH3 is 2. The third-order valence-corrected chi connectivity index (χ3v) is 1.69. The van der Waals surface area contributed by atoms with Crippen LogP contribution in [0.15, 0.2) is 0 Å². The van der Waals surface area contributed by atoms with E-state index in [4.69, 9.17) is 14.0 Å². The maximum absolute atomic E-state index is 10.4. The van der Waals surface area contributed by atoms with E-state index in [0.717, 1.165) is 5.06 Å². The lowest BCUT2D eigenvalue weighted by molar-refractivity contribution is -0.0839. The van der Waals surface area contributed by atoms with Crippen LogP contribution in [0.2, 0.25) is 0 Å². The molecule has 0 aliphatic heterocycles. The average molecular weight is 289 g/mol. The van der Waals surface area contributed by atoms with Crippen LogP contribution < -0.4 is 0 Å². The van der Waals surface area contributed by atoms with Crippen LogP contribution in [0.3, 0.4) is 0 Å². The minimum absolute atomic E-state index is 0. The smallest absolute Gasteiger partial charge is 0.383 e. The molecule has 0 unspecified atom stereocenters. The minimum atomic E-state index is -4.47. The number of nitrogens with zero attached hydrogens (tertiary/aromatic N) is 1. The molecule has 0 aliphatic rings. The van der Waals surface area contributed by atoms with E-state index in [0.29, 0.717) is 13.2 Å². The van der Waals surface area contributed by atoms with Crippen LogP contribution in [0.4, 0.5) is 14.1 Å². The topological polar surface area (TPSA) is 85.3 Å². The molecule has 1 N–H and O–H groups in total. The molecule has 11 heteroatoms. The number of rotatable bonds is 8. The number of ether oxygens (including phenoxy) is 2. The van der Waals surface area contributed by atoms with E-state index >= 15 is 0 Å². The fourth-order valence-electron chi connectivity index (χ4n) is 0.706. The van der Waals surface area contributed by atoms with Gasteiger partial charge in [-0.15, -0.1) is 0 Å². The van der Waals surface area contributed by atoms with Crippen molar-refractivity contribution in [3.63, 3.8) is 0 Å². The number of hydrogen-bond donors (Lipinski definition) is 1. The molecule has 0 atom stereocenters. The number of hydroxylamine groups is 2. The molecule has 0 spiro atoms. The van der Waals surface area contributed by atoms with Gasteiger partial charge >= 0.3 is 10.4 Å². The van der Waals surface area contributed by atoms with Gasteiger partial charge in [-0.2, -0.15) is 17.8 Å². The molecule has 110 valence electrons. The van der Waals surface area contributed by atoms with Gasteiger partial charge in [-0.1, -0.05) is 0 Å². The molecular formula is C6H18F3NO6S. The van der Waals surface area contributed by atoms with Crippen molar-refractivity contribution >= 4 is 10.4 Å². The summed E-state index contributed by atoms with van der Waals surface area (Å²) in [6.45, 7) is 1.03. The average Bonchev–Trinajstić information content (AvgIpc) is 2.07. The second kappa shape index (κ2) is 13.6. The Morgan fingerprint density at radius 2 is 1.35 bits per heavy atom. The van der Waals surface area contributed by atoms with Crippen LogP contribution in [-0.4, -0.2) is 58.6 Å². The molecule has 0 aromatic carbocycles. The summed E-state index contributed by atoms with van der Waals surface area (Å²) in [6.07, 6.45) is 0. The molecule has 0 rings (SSSR count). The highest BCUT2D eigenvalue weighted by Gasteiger charge is 2.13. The van der Waals surface area contributed by atoms with Crippen LogP contribution in [0.1, 0.15) is 0 Å². The van der Waals surface area contributed by atoms with Gasteiger partial charge in [0.05, 0.1) is 13.2 Å². The van der Waals surface area contributed by atoms with Gasteiger partial charge in [0.15, 0.2) is 0 Å². The summed E-state index contributed by atoms with van der Waals surface area (Å²) in [4.78, 5) is 0. The maximum atomic E-state index is 10.4. The van der Waals surface area contributed by atoms with Gasteiger partial charge in [0.25, 0.3) is 0 Å². The Bertz CT molecular complexity index is 232. The molecular weight excluding hydrogens is 271 g/mol. The monoisotopic (exact) mass is 289 g/mol. The van der Waals surface area contributed by atoms with Gasteiger partial charge in [-0.05, 0) is 0 Å². The van der Waals surface area contributed by atoms with Gasteiger partial charge in [0.1, 0.15) is 0 Å². The summed E-state index contributed by atoms with van der Waals surface area (Å²) < 4.78 is 42.9. The molecule has 0 aromatic heterocycles. The summed E-state index contributed by atoms with van der Waals surface area (Å²) >= 11 is 0. The standard InChI is InChI=1S/C6H15NO6S.3FH/c1-11-5-3-7(4-6-12-2)13-14(8,9)10;;;/h3-6H2,1-2H3,(H,8,9,10);3*1H. The molecule has 0 aromatic rings. The number of hydrogen-bond acceptors (Lipinski definition) is 6. The van der Waals surface area contributed by atoms with E-state index in [1.165, 1.54) is 14.2 Å². The molecule has 7 nitrogen and oxygen atoms in total. The fourth-order valence-corrected chi connectivity index (χ4v) is 1.12. The van der Waals surface area contributed by atoms with Gasteiger partial charge < -0.3 is 9.47 Å². The predicted molar refractivity (Wildman–Crippen MR) is 55.5 cm³/mol. The first-order valence-corrected chi connectivity index (χ1v) is 5.26. The highest BCUT2D eigenvalue weighted by atomic mass is 32.3. The summed E-state index contributed by atoms with van der Waals surface area (Å²) in [5.41, 5.74) is 0. The SMILES string of the molecule is COCCN(CCOC)OS(=O)(=O)O.F.F.F. The van der Waals surface area contributed by atoms with Crippen LogP contribution in [0.25, 0.3) is 0 Å². The van der Waals surface area contributed by atoms with Crippen molar-refractivity contribution in [2.24, 2.45) is 0 Å². The maximum Gasteiger partial charge on any atom is 0.413 e. The molecule has 0 saturated carbocycles. The first-order chi connectivity index (χ1) is 6.49. The van der Waals surface area contributed by atoms with Crippen molar-refractivity contribution in [3.05, 3.63) is 0 Å².